The van der Waals surface area contributed by atoms with Gasteiger partial charge in [-0.2, -0.15) is 11.8 Å². The van der Waals surface area contributed by atoms with Crippen LogP contribution in [0.15, 0.2) is 0 Å². The summed E-state index contributed by atoms with van der Waals surface area (Å²) in [4.78, 5) is 20.1. The summed E-state index contributed by atoms with van der Waals surface area (Å²) < 4.78 is 0. The van der Waals surface area contributed by atoms with Crippen LogP contribution in [0, 0.1) is 0 Å². The number of thioether (sulfide) groups is 1. The number of rotatable bonds is 8. The summed E-state index contributed by atoms with van der Waals surface area (Å²) in [6.07, 6.45) is 2.98. The van der Waals surface area contributed by atoms with Crippen LogP contribution in [0.3, 0.4) is 0 Å². The fraction of sp³-hybridized carbons (Fsp3) is 0.800. The molecule has 0 bridgehead atoms. The molecule has 0 rings (SSSR count). The van der Waals surface area contributed by atoms with Crippen LogP contribution in [0.5, 0.6) is 0 Å². The number of carboxylic acid groups (broad SMARTS) is 2. The van der Waals surface area contributed by atoms with Gasteiger partial charge in [-0.15, -0.1) is 0 Å². The maximum absolute atomic E-state index is 10.1. The maximum atomic E-state index is 10.1. The molecule has 19 heavy (non-hydrogen) atoms. The van der Waals surface area contributed by atoms with Crippen LogP contribution >= 0.6 is 11.8 Å². The molecule has 9 heteroatoms. The van der Waals surface area contributed by atoms with E-state index in [9.17, 15) is 9.59 Å². The largest absolute Gasteiger partial charge is 0.480 e. The molecule has 0 aliphatic carbocycles. The molecule has 0 saturated carbocycles. The number of unbranched alkanes of at least 4 members (excludes halogenated alkanes) is 1. The Labute approximate surface area is 117 Å². The summed E-state index contributed by atoms with van der Waals surface area (Å²) in [5.41, 5.74) is 10.4. The van der Waals surface area contributed by atoms with Gasteiger partial charge in [0.1, 0.15) is 6.04 Å². The first kappa shape index (κ1) is 20.3. The Hall–Kier alpha value is -1.03. The first-order valence-corrected chi connectivity index (χ1v) is 7.18. The molecular weight excluding hydrogens is 272 g/mol. The second-order valence-electron chi connectivity index (χ2n) is 3.70. The highest BCUT2D eigenvalue weighted by atomic mass is 32.2. The minimum atomic E-state index is -1.08. The highest BCUT2D eigenvalue weighted by Crippen LogP contribution is 1.97. The van der Waals surface area contributed by atoms with Crippen LogP contribution in [-0.4, -0.2) is 58.4 Å². The van der Waals surface area contributed by atoms with Gasteiger partial charge < -0.3 is 21.7 Å². The van der Waals surface area contributed by atoms with E-state index in [2.05, 4.69) is 0 Å². The van der Waals surface area contributed by atoms with E-state index in [1.165, 1.54) is 0 Å². The van der Waals surface area contributed by atoms with Gasteiger partial charge >= 0.3 is 12.1 Å². The monoisotopic (exact) mass is 296 g/mol. The van der Waals surface area contributed by atoms with Gasteiger partial charge in [-0.1, -0.05) is 6.42 Å². The van der Waals surface area contributed by atoms with E-state index in [0.717, 1.165) is 23.6 Å². The number of aliphatic carboxylic acids is 1. The zero-order valence-corrected chi connectivity index (χ0v) is 11.9. The second-order valence-corrected chi connectivity index (χ2v) is 4.68. The number of nitrogens with two attached hydrogens (primary N) is 3. The minimum Gasteiger partial charge on any atom is -0.480 e. The molecule has 1 amide bonds. The first-order valence-electron chi connectivity index (χ1n) is 5.79. The van der Waals surface area contributed by atoms with E-state index < -0.39 is 18.1 Å². The Morgan fingerprint density at radius 1 is 1.32 bits per heavy atom. The van der Waals surface area contributed by atoms with E-state index in [1.54, 1.807) is 11.8 Å². The number of amides is 1. The lowest BCUT2D eigenvalue weighted by Crippen LogP contribution is -2.37. The van der Waals surface area contributed by atoms with E-state index in [0.29, 0.717) is 19.5 Å². The summed E-state index contributed by atoms with van der Waals surface area (Å²) in [7, 11) is 0. The molecule has 0 aromatic rings. The number of carboxylic acids is 1. The van der Waals surface area contributed by atoms with Gasteiger partial charge in [0.05, 0.1) is 0 Å². The van der Waals surface area contributed by atoms with Crippen LogP contribution in [0.2, 0.25) is 0 Å². The molecule has 8 N–H and O–H groups in total. The van der Waals surface area contributed by atoms with Gasteiger partial charge in [-0.3, -0.25) is 4.79 Å². The predicted octanol–water partition coefficient (Wildman–Crippen LogP) is -0.270. The van der Waals surface area contributed by atoms with E-state index >= 15 is 0 Å². The van der Waals surface area contributed by atoms with Crippen LogP contribution in [0.25, 0.3) is 0 Å². The van der Waals surface area contributed by atoms with Gasteiger partial charge in [0.15, 0.2) is 0 Å². The van der Waals surface area contributed by atoms with Crippen LogP contribution in [0.1, 0.15) is 19.3 Å². The SMILES string of the molecule is CSCCN(N)C(=O)O.NCCCC[C@H](N)C(=O)O. The molecule has 0 spiro atoms. The summed E-state index contributed by atoms with van der Waals surface area (Å²) >= 11 is 1.56. The van der Waals surface area contributed by atoms with E-state index in [4.69, 9.17) is 27.5 Å². The van der Waals surface area contributed by atoms with Crippen molar-refractivity contribution in [2.45, 2.75) is 25.3 Å². The standard InChI is InChI=1S/C6H14N2O2.C4H10N2O2S/c7-4-2-1-3-5(8)6(9)10;1-9-3-2-6(5)4(7)8/h5H,1-4,7-8H2,(H,9,10);2-3,5H2,1H3,(H,7,8)/t5-;/m0./s1. The molecule has 0 radical (unpaired) electrons. The Balaban J connectivity index is 0. The Morgan fingerprint density at radius 3 is 2.26 bits per heavy atom. The average molecular weight is 296 g/mol. The summed E-state index contributed by atoms with van der Waals surface area (Å²) in [5, 5.41) is 17.3. The smallest absolute Gasteiger partial charge is 0.421 e. The quantitative estimate of drug-likeness (QED) is 0.177. The van der Waals surface area contributed by atoms with Crippen molar-refractivity contribution in [1.29, 1.82) is 0 Å². The fourth-order valence-electron chi connectivity index (χ4n) is 0.917. The highest BCUT2D eigenvalue weighted by Gasteiger charge is 2.09. The van der Waals surface area contributed by atoms with Gasteiger partial charge in [0, 0.05) is 12.3 Å². The van der Waals surface area contributed by atoms with Crippen LogP contribution in [0.4, 0.5) is 4.79 Å². The van der Waals surface area contributed by atoms with Crippen molar-refractivity contribution in [2.24, 2.45) is 17.3 Å². The Bertz CT molecular complexity index is 256. The third-order valence-corrected chi connectivity index (χ3v) is 2.66. The molecule has 0 heterocycles. The topological polar surface area (TPSA) is 156 Å². The third kappa shape index (κ3) is 14.9. The summed E-state index contributed by atoms with van der Waals surface area (Å²) in [5.74, 6) is 4.83. The van der Waals surface area contributed by atoms with Gasteiger partial charge in [0.25, 0.3) is 0 Å². The highest BCUT2D eigenvalue weighted by molar-refractivity contribution is 7.98. The summed E-state index contributed by atoms with van der Waals surface area (Å²) in [6, 6.07) is -0.716. The van der Waals surface area contributed by atoms with Crippen molar-refractivity contribution in [3.63, 3.8) is 0 Å². The number of nitrogens with zero attached hydrogens (tertiary/aromatic N) is 1. The summed E-state index contributed by atoms with van der Waals surface area (Å²) in [6.45, 7) is 0.989. The maximum Gasteiger partial charge on any atom is 0.421 e. The fourth-order valence-corrected chi connectivity index (χ4v) is 1.30. The Kier molecular flexibility index (Phi) is 14.3. The van der Waals surface area contributed by atoms with E-state index in [1.807, 2.05) is 6.26 Å². The molecule has 1 atom stereocenters. The van der Waals surface area contributed by atoms with Crippen LogP contribution in [-0.2, 0) is 4.79 Å². The third-order valence-electron chi connectivity index (χ3n) is 2.07. The van der Waals surface area contributed by atoms with Gasteiger partial charge in [0.2, 0.25) is 0 Å². The number of hydrogen-bond acceptors (Lipinski definition) is 6. The van der Waals surface area contributed by atoms with Crippen molar-refractivity contribution in [1.82, 2.24) is 5.01 Å². The molecule has 0 unspecified atom stereocenters. The van der Waals surface area contributed by atoms with Crippen molar-refractivity contribution in [3.8, 4) is 0 Å². The lowest BCUT2D eigenvalue weighted by molar-refractivity contribution is -0.138. The lowest BCUT2D eigenvalue weighted by atomic mass is 10.1. The average Bonchev–Trinajstić information content (AvgIpc) is 2.36. The number of hydrogen-bond donors (Lipinski definition) is 5. The molecule has 0 aliphatic rings. The number of hydrazine groups is 1. The molecule has 0 aromatic heterocycles. The first-order chi connectivity index (χ1) is 8.86. The van der Waals surface area contributed by atoms with Gasteiger partial charge in [-0.05, 0) is 25.6 Å². The molecule has 8 nitrogen and oxygen atoms in total. The molecule has 0 aliphatic heterocycles. The van der Waals surface area contributed by atoms with Crippen molar-refractivity contribution < 1.29 is 19.8 Å². The van der Waals surface area contributed by atoms with Crippen molar-refractivity contribution >= 4 is 23.8 Å². The zero-order valence-electron chi connectivity index (χ0n) is 11.1. The Morgan fingerprint density at radius 2 is 1.89 bits per heavy atom. The minimum absolute atomic E-state index is 0.385. The molecular formula is C10H24N4O4S. The molecule has 0 saturated heterocycles. The van der Waals surface area contributed by atoms with Crippen LogP contribution < -0.4 is 17.3 Å². The van der Waals surface area contributed by atoms with E-state index in [-0.39, 0.29) is 0 Å². The molecule has 0 fully saturated rings. The van der Waals surface area contributed by atoms with Crippen molar-refractivity contribution in [2.75, 3.05) is 25.1 Å². The number of carbonyl (C=O) groups is 2. The lowest BCUT2D eigenvalue weighted by Gasteiger charge is -2.09. The zero-order chi connectivity index (χ0) is 15.3. The van der Waals surface area contributed by atoms with Crippen molar-refractivity contribution in [3.05, 3.63) is 0 Å². The van der Waals surface area contributed by atoms with Gasteiger partial charge in [-0.25, -0.2) is 15.6 Å². The predicted molar refractivity (Wildman–Crippen MR) is 75.8 cm³/mol. The second kappa shape index (κ2) is 13.4. The normalized spacial score (nSPS) is 11.2. The molecule has 0 aromatic carbocycles. The molecule has 114 valence electrons.